The second-order valence-electron chi connectivity index (χ2n) is 8.35. The summed E-state index contributed by atoms with van der Waals surface area (Å²) < 4.78 is 5.78. The zero-order valence-corrected chi connectivity index (χ0v) is 13.3. The molecule has 5 atom stereocenters. The summed E-state index contributed by atoms with van der Waals surface area (Å²) in [6.45, 7) is 10.4. The predicted octanol–water partition coefficient (Wildman–Crippen LogP) is 3.36. The van der Waals surface area contributed by atoms with Crippen LogP contribution >= 0.6 is 0 Å². The number of esters is 1. The van der Waals surface area contributed by atoms with Crippen molar-refractivity contribution in [2.24, 2.45) is 28.1 Å². The zero-order valence-electron chi connectivity index (χ0n) is 13.3. The Labute approximate surface area is 121 Å². The van der Waals surface area contributed by atoms with E-state index in [0.717, 1.165) is 12.8 Å². The average molecular weight is 278 g/mol. The van der Waals surface area contributed by atoms with Crippen LogP contribution in [0.15, 0.2) is 0 Å². The van der Waals surface area contributed by atoms with Crippen LogP contribution in [0.3, 0.4) is 0 Å². The first-order chi connectivity index (χ1) is 9.13. The molecule has 0 aromatic rings. The number of carbonyl (C=O) groups is 2. The first-order valence-corrected chi connectivity index (χ1v) is 7.83. The molecular weight excluding hydrogens is 252 g/mol. The largest absolute Gasteiger partial charge is 0.462 e. The number of Topliss-reactive ketones (excluding diaryl/α,β-unsaturated/α-hetero) is 1. The lowest BCUT2D eigenvalue weighted by Gasteiger charge is -2.45. The Balaban J connectivity index is 2.14. The van der Waals surface area contributed by atoms with Gasteiger partial charge < -0.3 is 4.74 Å². The van der Waals surface area contributed by atoms with Crippen molar-refractivity contribution in [1.82, 2.24) is 0 Å². The Morgan fingerprint density at radius 2 is 1.80 bits per heavy atom. The fourth-order valence-electron chi connectivity index (χ4n) is 5.74. The topological polar surface area (TPSA) is 43.4 Å². The summed E-state index contributed by atoms with van der Waals surface area (Å²) in [5, 5.41) is 0. The van der Waals surface area contributed by atoms with E-state index in [2.05, 4.69) is 27.7 Å². The van der Waals surface area contributed by atoms with Crippen LogP contribution in [-0.4, -0.2) is 17.9 Å². The van der Waals surface area contributed by atoms with E-state index in [0.29, 0.717) is 12.2 Å². The maximum absolute atomic E-state index is 12.6. The van der Waals surface area contributed by atoms with Crippen LogP contribution in [0.1, 0.15) is 60.3 Å². The number of ketones is 1. The number of hydrogen-bond acceptors (Lipinski definition) is 3. The van der Waals surface area contributed by atoms with E-state index >= 15 is 0 Å². The van der Waals surface area contributed by atoms with Gasteiger partial charge in [0.15, 0.2) is 0 Å². The molecule has 112 valence electrons. The van der Waals surface area contributed by atoms with Crippen molar-refractivity contribution in [3.63, 3.8) is 0 Å². The lowest BCUT2D eigenvalue weighted by molar-refractivity contribution is -0.165. The van der Waals surface area contributed by atoms with Crippen molar-refractivity contribution in [2.75, 3.05) is 0 Å². The number of rotatable bonds is 1. The van der Waals surface area contributed by atoms with Crippen molar-refractivity contribution >= 4 is 11.8 Å². The molecule has 0 radical (unpaired) electrons. The minimum atomic E-state index is -0.208. The second kappa shape index (κ2) is 3.86. The average Bonchev–Trinajstić information content (AvgIpc) is 2.54. The van der Waals surface area contributed by atoms with Gasteiger partial charge >= 0.3 is 5.97 Å². The van der Waals surface area contributed by atoms with Crippen LogP contribution in [0.5, 0.6) is 0 Å². The van der Waals surface area contributed by atoms with Gasteiger partial charge in [-0.25, -0.2) is 0 Å². The van der Waals surface area contributed by atoms with E-state index < -0.39 is 0 Å². The standard InChI is InChI=1S/C17H26O3/c1-10(18)20-14-13-12-11(19)9-17(14,5)16(12,4)8-6-7-15(13,2)3/h12-14H,6-9H2,1-5H3/t12-,13-,14+,16+,17+/m0/s1. The fraction of sp³-hybridized carbons (Fsp3) is 0.882. The van der Waals surface area contributed by atoms with E-state index in [-0.39, 0.29) is 40.2 Å². The van der Waals surface area contributed by atoms with Crippen LogP contribution in [0.25, 0.3) is 0 Å². The summed E-state index contributed by atoms with van der Waals surface area (Å²) in [7, 11) is 0. The van der Waals surface area contributed by atoms with Gasteiger partial charge in [0.25, 0.3) is 0 Å². The molecule has 0 unspecified atom stereocenters. The van der Waals surface area contributed by atoms with Crippen molar-refractivity contribution < 1.29 is 14.3 Å². The number of hydrogen-bond donors (Lipinski definition) is 0. The van der Waals surface area contributed by atoms with Gasteiger partial charge in [0.2, 0.25) is 0 Å². The van der Waals surface area contributed by atoms with Gasteiger partial charge in [-0.05, 0) is 23.7 Å². The summed E-state index contributed by atoms with van der Waals surface area (Å²) in [5.74, 6) is 0.456. The van der Waals surface area contributed by atoms with Crippen molar-refractivity contribution in [2.45, 2.75) is 66.4 Å². The normalized spacial score (nSPS) is 49.0. The molecule has 0 aromatic heterocycles. The number of ether oxygens (including phenoxy) is 1. The molecule has 0 saturated heterocycles. The van der Waals surface area contributed by atoms with Gasteiger partial charge in [0, 0.05) is 30.6 Å². The van der Waals surface area contributed by atoms with E-state index in [1.165, 1.54) is 13.3 Å². The molecule has 4 bridgehead atoms. The third-order valence-electron chi connectivity index (χ3n) is 6.91. The molecular formula is C17H26O3. The summed E-state index contributed by atoms with van der Waals surface area (Å²) in [4.78, 5) is 24.2. The van der Waals surface area contributed by atoms with Gasteiger partial charge in [0.1, 0.15) is 11.9 Å². The van der Waals surface area contributed by atoms with Crippen molar-refractivity contribution in [1.29, 1.82) is 0 Å². The van der Waals surface area contributed by atoms with E-state index in [4.69, 9.17) is 4.74 Å². The van der Waals surface area contributed by atoms with Gasteiger partial charge in [-0.2, -0.15) is 0 Å². The van der Waals surface area contributed by atoms with Gasteiger partial charge in [-0.3, -0.25) is 9.59 Å². The minimum Gasteiger partial charge on any atom is -0.462 e. The Morgan fingerprint density at radius 3 is 2.40 bits per heavy atom. The highest BCUT2D eigenvalue weighted by Crippen LogP contribution is 2.73. The van der Waals surface area contributed by atoms with Crippen LogP contribution in [0, 0.1) is 28.1 Å². The molecule has 0 heterocycles. The highest BCUT2D eigenvalue weighted by Gasteiger charge is 2.75. The Bertz CT molecular complexity index is 481. The maximum atomic E-state index is 12.6. The van der Waals surface area contributed by atoms with Gasteiger partial charge in [-0.15, -0.1) is 0 Å². The van der Waals surface area contributed by atoms with Gasteiger partial charge in [0.05, 0.1) is 0 Å². The zero-order chi connectivity index (χ0) is 14.9. The predicted molar refractivity (Wildman–Crippen MR) is 76.0 cm³/mol. The monoisotopic (exact) mass is 278 g/mol. The fourth-order valence-corrected chi connectivity index (χ4v) is 5.74. The highest BCUT2D eigenvalue weighted by atomic mass is 16.5. The third-order valence-corrected chi connectivity index (χ3v) is 6.91. The van der Waals surface area contributed by atoms with Crippen molar-refractivity contribution in [3.8, 4) is 0 Å². The molecule has 3 saturated carbocycles. The van der Waals surface area contributed by atoms with E-state index in [1.54, 1.807) is 0 Å². The minimum absolute atomic E-state index is 0.00262. The smallest absolute Gasteiger partial charge is 0.302 e. The SMILES string of the molecule is CC(=O)O[C@@H]1[C@@H]2[C@@H]3C(=O)C[C@@]1(C)[C@]3(C)CCCC2(C)C. The van der Waals surface area contributed by atoms with Crippen LogP contribution < -0.4 is 0 Å². The Morgan fingerprint density at radius 1 is 1.15 bits per heavy atom. The van der Waals surface area contributed by atoms with E-state index in [1.807, 2.05) is 0 Å². The summed E-state index contributed by atoms with van der Waals surface area (Å²) >= 11 is 0. The van der Waals surface area contributed by atoms with Crippen LogP contribution in [-0.2, 0) is 14.3 Å². The molecule has 3 rings (SSSR count). The second-order valence-corrected chi connectivity index (χ2v) is 8.35. The summed E-state index contributed by atoms with van der Waals surface area (Å²) in [6, 6.07) is 0. The molecule has 0 aliphatic heterocycles. The molecule has 0 amide bonds. The molecule has 3 aliphatic carbocycles. The van der Waals surface area contributed by atoms with Gasteiger partial charge in [-0.1, -0.05) is 34.1 Å². The summed E-state index contributed by atoms with van der Waals surface area (Å²) in [5.41, 5.74) is -0.109. The molecule has 20 heavy (non-hydrogen) atoms. The maximum Gasteiger partial charge on any atom is 0.302 e. The van der Waals surface area contributed by atoms with Crippen LogP contribution in [0.2, 0.25) is 0 Å². The first kappa shape index (κ1) is 14.1. The van der Waals surface area contributed by atoms with Crippen molar-refractivity contribution in [3.05, 3.63) is 0 Å². The Hall–Kier alpha value is -0.860. The molecule has 3 heteroatoms. The lowest BCUT2D eigenvalue weighted by atomic mass is 9.63. The molecule has 0 aromatic carbocycles. The molecule has 0 spiro atoms. The molecule has 3 fully saturated rings. The molecule has 3 aliphatic rings. The number of carbonyl (C=O) groups excluding carboxylic acids is 2. The lowest BCUT2D eigenvalue weighted by Crippen LogP contribution is -2.48. The first-order valence-electron chi connectivity index (χ1n) is 7.83. The molecule has 3 nitrogen and oxygen atoms in total. The van der Waals surface area contributed by atoms with E-state index in [9.17, 15) is 9.59 Å². The molecule has 0 N–H and O–H groups in total. The Kier molecular flexibility index (Phi) is 2.72. The third kappa shape index (κ3) is 1.47. The van der Waals surface area contributed by atoms with Crippen LogP contribution in [0.4, 0.5) is 0 Å². The quantitative estimate of drug-likeness (QED) is 0.691. The highest BCUT2D eigenvalue weighted by molar-refractivity contribution is 5.88. The summed E-state index contributed by atoms with van der Waals surface area (Å²) in [6.07, 6.45) is 3.86.